The SMILES string of the molecule is NC1=CN(c2cnccc2N2CCCC(N)C2)[C@H](c2c(Cl)cccc2Cl)S1. The number of halogens is 2. The van der Waals surface area contributed by atoms with E-state index in [1.165, 1.54) is 11.8 Å². The Morgan fingerprint density at radius 1 is 1.15 bits per heavy atom. The van der Waals surface area contributed by atoms with Gasteiger partial charge < -0.3 is 21.3 Å². The van der Waals surface area contributed by atoms with Gasteiger partial charge in [-0.15, -0.1) is 0 Å². The van der Waals surface area contributed by atoms with E-state index in [-0.39, 0.29) is 11.4 Å². The fourth-order valence-electron chi connectivity index (χ4n) is 3.64. The van der Waals surface area contributed by atoms with Gasteiger partial charge in [0.1, 0.15) is 5.37 Å². The molecule has 0 radical (unpaired) electrons. The van der Waals surface area contributed by atoms with Gasteiger partial charge in [-0.25, -0.2) is 0 Å². The van der Waals surface area contributed by atoms with Gasteiger partial charge in [-0.3, -0.25) is 4.98 Å². The van der Waals surface area contributed by atoms with Gasteiger partial charge in [0.25, 0.3) is 0 Å². The second-order valence-electron chi connectivity index (χ2n) is 6.76. The third kappa shape index (κ3) is 3.72. The van der Waals surface area contributed by atoms with E-state index >= 15 is 0 Å². The maximum atomic E-state index is 6.49. The first-order chi connectivity index (χ1) is 13.0. The van der Waals surface area contributed by atoms with Crippen LogP contribution < -0.4 is 21.3 Å². The van der Waals surface area contributed by atoms with E-state index in [2.05, 4.69) is 14.8 Å². The molecule has 0 aliphatic carbocycles. The topological polar surface area (TPSA) is 71.4 Å². The van der Waals surface area contributed by atoms with Crippen LogP contribution in [-0.2, 0) is 0 Å². The molecule has 0 spiro atoms. The minimum atomic E-state index is -0.146. The van der Waals surface area contributed by atoms with Crippen molar-refractivity contribution >= 4 is 46.3 Å². The van der Waals surface area contributed by atoms with E-state index in [1.807, 2.05) is 42.9 Å². The van der Waals surface area contributed by atoms with E-state index in [1.54, 1.807) is 0 Å². The van der Waals surface area contributed by atoms with Crippen LogP contribution in [0.2, 0.25) is 10.0 Å². The number of benzene rings is 1. The molecule has 0 bridgehead atoms. The standard InChI is InChI=1S/C19H21Cl2N5S/c20-13-4-1-5-14(21)18(13)19-26(11-17(23)27-19)16-9-24-7-6-15(16)25-8-2-3-12(22)10-25/h1,4-7,9,11-12,19H,2-3,8,10,22-23H2/t12?,19-/m0/s1. The smallest absolute Gasteiger partial charge is 0.114 e. The van der Waals surface area contributed by atoms with Crippen LogP contribution in [0.5, 0.6) is 0 Å². The van der Waals surface area contributed by atoms with Gasteiger partial charge in [0.05, 0.1) is 22.6 Å². The molecule has 2 aromatic rings. The Labute approximate surface area is 173 Å². The summed E-state index contributed by atoms with van der Waals surface area (Å²) >= 11 is 14.5. The zero-order valence-corrected chi connectivity index (χ0v) is 17.0. The first kappa shape index (κ1) is 18.7. The molecule has 3 heterocycles. The molecule has 2 aliphatic rings. The minimum Gasteiger partial charge on any atom is -0.392 e. The third-order valence-corrected chi connectivity index (χ3v) is 6.59. The van der Waals surface area contributed by atoms with E-state index in [9.17, 15) is 0 Å². The van der Waals surface area contributed by atoms with Gasteiger partial charge in [-0.05, 0) is 31.0 Å². The maximum absolute atomic E-state index is 6.49. The maximum Gasteiger partial charge on any atom is 0.114 e. The van der Waals surface area contributed by atoms with Gasteiger partial charge in [-0.2, -0.15) is 0 Å². The van der Waals surface area contributed by atoms with Gasteiger partial charge >= 0.3 is 0 Å². The first-order valence-corrected chi connectivity index (χ1v) is 10.5. The number of nitrogens with zero attached hydrogens (tertiary/aromatic N) is 3. The molecule has 1 unspecified atom stereocenters. The van der Waals surface area contributed by atoms with Crippen molar-refractivity contribution in [2.75, 3.05) is 22.9 Å². The molecule has 1 aromatic heterocycles. The summed E-state index contributed by atoms with van der Waals surface area (Å²) in [5.74, 6) is 0. The van der Waals surface area contributed by atoms with Gasteiger partial charge in [0.15, 0.2) is 0 Å². The molecule has 2 aliphatic heterocycles. The van der Waals surface area contributed by atoms with Crippen LogP contribution in [0, 0.1) is 0 Å². The predicted molar refractivity (Wildman–Crippen MR) is 115 cm³/mol. The monoisotopic (exact) mass is 421 g/mol. The van der Waals surface area contributed by atoms with E-state index in [4.69, 9.17) is 34.7 Å². The first-order valence-electron chi connectivity index (χ1n) is 8.85. The summed E-state index contributed by atoms with van der Waals surface area (Å²) in [6.07, 6.45) is 7.74. The average Bonchev–Trinajstić information content (AvgIpc) is 3.03. The van der Waals surface area contributed by atoms with Crippen molar-refractivity contribution in [3.8, 4) is 0 Å². The number of anilines is 2. The van der Waals surface area contributed by atoms with Crippen LogP contribution in [0.1, 0.15) is 23.8 Å². The summed E-state index contributed by atoms with van der Waals surface area (Å²) in [5, 5.41) is 1.81. The van der Waals surface area contributed by atoms with Crippen LogP contribution >= 0.6 is 35.0 Å². The molecule has 1 fully saturated rings. The number of piperidine rings is 1. The highest BCUT2D eigenvalue weighted by Gasteiger charge is 2.33. The zero-order valence-electron chi connectivity index (χ0n) is 14.7. The van der Waals surface area contributed by atoms with Gasteiger partial charge in [-0.1, -0.05) is 41.0 Å². The van der Waals surface area contributed by atoms with Crippen molar-refractivity contribution in [1.29, 1.82) is 0 Å². The highest BCUT2D eigenvalue weighted by Crippen LogP contribution is 2.50. The van der Waals surface area contributed by atoms with Crippen LogP contribution in [0.15, 0.2) is 47.9 Å². The van der Waals surface area contributed by atoms with Crippen LogP contribution in [0.25, 0.3) is 0 Å². The van der Waals surface area contributed by atoms with Crippen LogP contribution in [0.4, 0.5) is 11.4 Å². The van der Waals surface area contributed by atoms with E-state index in [0.29, 0.717) is 15.1 Å². The lowest BCUT2D eigenvalue weighted by atomic mass is 10.1. The Bertz CT molecular complexity index is 855. The second kappa shape index (κ2) is 7.80. The Morgan fingerprint density at radius 3 is 2.67 bits per heavy atom. The summed E-state index contributed by atoms with van der Waals surface area (Å²) in [6.45, 7) is 1.80. The molecule has 8 heteroatoms. The lowest BCUT2D eigenvalue weighted by molar-refractivity contribution is 0.506. The highest BCUT2D eigenvalue weighted by atomic mass is 35.5. The Kier molecular flexibility index (Phi) is 5.41. The molecule has 0 amide bonds. The molecular formula is C19H21Cl2N5S. The molecule has 2 atom stereocenters. The number of pyridine rings is 1. The highest BCUT2D eigenvalue weighted by molar-refractivity contribution is 8.03. The minimum absolute atomic E-state index is 0.146. The molecule has 4 N–H and O–H groups in total. The van der Waals surface area contributed by atoms with Crippen molar-refractivity contribution < 1.29 is 0 Å². The van der Waals surface area contributed by atoms with Gasteiger partial charge in [0, 0.05) is 47.1 Å². The fraction of sp³-hybridized carbons (Fsp3) is 0.316. The Hall–Kier alpha value is -1.60. The molecule has 1 aromatic carbocycles. The number of rotatable bonds is 3. The lowest BCUT2D eigenvalue weighted by Gasteiger charge is -2.36. The fourth-order valence-corrected chi connectivity index (χ4v) is 5.46. The van der Waals surface area contributed by atoms with E-state index in [0.717, 1.165) is 42.9 Å². The number of nitrogens with two attached hydrogens (primary N) is 2. The number of thioether (sulfide) groups is 1. The van der Waals surface area contributed by atoms with Crippen molar-refractivity contribution in [2.24, 2.45) is 11.5 Å². The molecule has 1 saturated heterocycles. The van der Waals surface area contributed by atoms with Crippen molar-refractivity contribution in [1.82, 2.24) is 4.98 Å². The molecule has 4 rings (SSSR count). The Balaban J connectivity index is 1.75. The summed E-state index contributed by atoms with van der Waals surface area (Å²) < 4.78 is 0. The van der Waals surface area contributed by atoms with Crippen molar-refractivity contribution in [3.05, 3.63) is 63.5 Å². The largest absolute Gasteiger partial charge is 0.392 e. The summed E-state index contributed by atoms with van der Waals surface area (Å²) in [5.41, 5.74) is 15.3. The van der Waals surface area contributed by atoms with Crippen LogP contribution in [0.3, 0.4) is 0 Å². The van der Waals surface area contributed by atoms with Crippen molar-refractivity contribution in [3.63, 3.8) is 0 Å². The van der Waals surface area contributed by atoms with Gasteiger partial charge in [0.2, 0.25) is 0 Å². The molecular weight excluding hydrogens is 401 g/mol. The third-order valence-electron chi connectivity index (χ3n) is 4.87. The number of aromatic nitrogens is 1. The molecule has 0 saturated carbocycles. The molecule has 27 heavy (non-hydrogen) atoms. The average molecular weight is 422 g/mol. The number of hydrogen-bond donors (Lipinski definition) is 2. The second-order valence-corrected chi connectivity index (χ2v) is 8.73. The lowest BCUT2D eigenvalue weighted by Crippen LogP contribution is -2.43. The normalized spacial score (nSPS) is 22.9. The van der Waals surface area contributed by atoms with E-state index < -0.39 is 0 Å². The number of hydrogen-bond acceptors (Lipinski definition) is 6. The van der Waals surface area contributed by atoms with Crippen molar-refractivity contribution in [2.45, 2.75) is 24.3 Å². The summed E-state index contributed by atoms with van der Waals surface area (Å²) in [7, 11) is 0. The molecule has 142 valence electrons. The Morgan fingerprint density at radius 2 is 1.93 bits per heavy atom. The quantitative estimate of drug-likeness (QED) is 0.768. The summed E-state index contributed by atoms with van der Waals surface area (Å²) in [4.78, 5) is 8.79. The zero-order chi connectivity index (χ0) is 19.0. The molecule has 5 nitrogen and oxygen atoms in total. The predicted octanol–water partition coefficient (Wildman–Crippen LogP) is 4.33. The van der Waals surface area contributed by atoms with Crippen LogP contribution in [-0.4, -0.2) is 24.1 Å². The summed E-state index contributed by atoms with van der Waals surface area (Å²) in [6, 6.07) is 7.76.